The molecule has 76 valence electrons. The summed E-state index contributed by atoms with van der Waals surface area (Å²) < 4.78 is 0. The van der Waals surface area contributed by atoms with Gasteiger partial charge in [-0.05, 0) is 44.8 Å². The van der Waals surface area contributed by atoms with Crippen LogP contribution in [0.2, 0.25) is 0 Å². The zero-order chi connectivity index (χ0) is 9.52. The van der Waals surface area contributed by atoms with Crippen LogP contribution in [-0.2, 0) is 4.79 Å². The SMILES string of the molecule is CCCCN1CCC(CC=O)CC1. The van der Waals surface area contributed by atoms with Crippen molar-refractivity contribution < 1.29 is 4.79 Å². The summed E-state index contributed by atoms with van der Waals surface area (Å²) in [5, 5.41) is 0. The molecule has 0 aromatic rings. The Labute approximate surface area is 81.3 Å². The van der Waals surface area contributed by atoms with Gasteiger partial charge in [-0.1, -0.05) is 13.3 Å². The van der Waals surface area contributed by atoms with Gasteiger partial charge in [-0.25, -0.2) is 0 Å². The van der Waals surface area contributed by atoms with Gasteiger partial charge in [0.05, 0.1) is 0 Å². The molecule has 0 spiro atoms. The minimum absolute atomic E-state index is 0.676. The topological polar surface area (TPSA) is 20.3 Å². The fraction of sp³-hybridized carbons (Fsp3) is 0.909. The second kappa shape index (κ2) is 6.14. The molecular formula is C11H21NO. The van der Waals surface area contributed by atoms with E-state index in [1.807, 2.05) is 0 Å². The summed E-state index contributed by atoms with van der Waals surface area (Å²) in [5.41, 5.74) is 0. The van der Waals surface area contributed by atoms with Crippen molar-refractivity contribution in [3.05, 3.63) is 0 Å². The first-order valence-corrected chi connectivity index (χ1v) is 5.52. The van der Waals surface area contributed by atoms with Crippen LogP contribution >= 0.6 is 0 Å². The third-order valence-electron chi connectivity index (χ3n) is 2.96. The molecule has 1 aliphatic heterocycles. The van der Waals surface area contributed by atoms with Crippen LogP contribution in [0.25, 0.3) is 0 Å². The first-order valence-electron chi connectivity index (χ1n) is 5.52. The molecule has 0 radical (unpaired) electrons. The van der Waals surface area contributed by atoms with Crippen molar-refractivity contribution in [2.45, 2.75) is 39.0 Å². The van der Waals surface area contributed by atoms with Crippen molar-refractivity contribution in [1.82, 2.24) is 4.90 Å². The third kappa shape index (κ3) is 3.90. The Balaban J connectivity index is 2.11. The van der Waals surface area contributed by atoms with Gasteiger partial charge >= 0.3 is 0 Å². The first-order chi connectivity index (χ1) is 6.36. The Hall–Kier alpha value is -0.370. The van der Waals surface area contributed by atoms with Gasteiger partial charge in [0, 0.05) is 6.42 Å². The smallest absolute Gasteiger partial charge is 0.120 e. The number of likely N-dealkylation sites (tertiary alicyclic amines) is 1. The molecule has 1 aliphatic rings. The summed E-state index contributed by atoms with van der Waals surface area (Å²) in [6, 6.07) is 0. The van der Waals surface area contributed by atoms with Gasteiger partial charge in [-0.2, -0.15) is 0 Å². The van der Waals surface area contributed by atoms with Gasteiger partial charge in [-0.3, -0.25) is 0 Å². The third-order valence-corrected chi connectivity index (χ3v) is 2.96. The van der Waals surface area contributed by atoms with Crippen LogP contribution in [0.5, 0.6) is 0 Å². The molecule has 2 heteroatoms. The summed E-state index contributed by atoms with van der Waals surface area (Å²) in [6.07, 6.45) is 6.91. The van der Waals surface area contributed by atoms with Crippen molar-refractivity contribution in [3.8, 4) is 0 Å². The molecule has 0 saturated carbocycles. The number of carbonyl (C=O) groups is 1. The van der Waals surface area contributed by atoms with Crippen LogP contribution in [0.15, 0.2) is 0 Å². The van der Waals surface area contributed by atoms with Crippen LogP contribution in [-0.4, -0.2) is 30.8 Å². The highest BCUT2D eigenvalue weighted by Crippen LogP contribution is 2.19. The number of piperidine rings is 1. The van der Waals surface area contributed by atoms with E-state index in [0.717, 1.165) is 12.7 Å². The monoisotopic (exact) mass is 183 g/mol. The number of rotatable bonds is 5. The number of carbonyl (C=O) groups excluding carboxylic acids is 1. The predicted octanol–water partition coefficient (Wildman–Crippen LogP) is 2.09. The number of aldehydes is 1. The predicted molar refractivity (Wildman–Crippen MR) is 54.8 cm³/mol. The maximum atomic E-state index is 10.3. The first kappa shape index (κ1) is 10.7. The van der Waals surface area contributed by atoms with Crippen molar-refractivity contribution in [3.63, 3.8) is 0 Å². The van der Waals surface area contributed by atoms with E-state index in [4.69, 9.17) is 0 Å². The van der Waals surface area contributed by atoms with Crippen LogP contribution < -0.4 is 0 Å². The molecule has 0 amide bonds. The molecule has 1 fully saturated rings. The van der Waals surface area contributed by atoms with Gasteiger partial charge in [-0.15, -0.1) is 0 Å². The Kier molecular flexibility index (Phi) is 5.06. The molecule has 1 saturated heterocycles. The van der Waals surface area contributed by atoms with Crippen LogP contribution in [0.4, 0.5) is 0 Å². The number of nitrogens with zero attached hydrogens (tertiary/aromatic N) is 1. The van der Waals surface area contributed by atoms with E-state index >= 15 is 0 Å². The normalized spacial score (nSPS) is 20.4. The molecule has 2 nitrogen and oxygen atoms in total. The average Bonchev–Trinajstić information content (AvgIpc) is 2.17. The minimum Gasteiger partial charge on any atom is -0.303 e. The Morgan fingerprint density at radius 2 is 2.08 bits per heavy atom. The minimum atomic E-state index is 0.676. The van der Waals surface area contributed by atoms with Crippen molar-refractivity contribution in [2.75, 3.05) is 19.6 Å². The van der Waals surface area contributed by atoms with Crippen molar-refractivity contribution in [1.29, 1.82) is 0 Å². The number of hydrogen-bond acceptors (Lipinski definition) is 2. The Morgan fingerprint density at radius 3 is 2.62 bits per heavy atom. The van der Waals surface area contributed by atoms with Crippen molar-refractivity contribution in [2.24, 2.45) is 5.92 Å². The highest BCUT2D eigenvalue weighted by Gasteiger charge is 2.17. The fourth-order valence-corrected chi connectivity index (χ4v) is 1.96. The lowest BCUT2D eigenvalue weighted by atomic mass is 9.94. The Morgan fingerprint density at radius 1 is 1.38 bits per heavy atom. The van der Waals surface area contributed by atoms with E-state index < -0.39 is 0 Å². The van der Waals surface area contributed by atoms with E-state index in [-0.39, 0.29) is 0 Å². The van der Waals surface area contributed by atoms with Gasteiger partial charge < -0.3 is 9.69 Å². The van der Waals surface area contributed by atoms with Gasteiger partial charge in [0.25, 0.3) is 0 Å². The molecule has 0 bridgehead atoms. The molecule has 0 atom stereocenters. The van der Waals surface area contributed by atoms with E-state index in [1.165, 1.54) is 45.3 Å². The molecule has 0 aromatic carbocycles. The summed E-state index contributed by atoms with van der Waals surface area (Å²) in [5.74, 6) is 0.676. The maximum Gasteiger partial charge on any atom is 0.120 e. The van der Waals surface area contributed by atoms with Crippen molar-refractivity contribution >= 4 is 6.29 Å². The lowest BCUT2D eigenvalue weighted by molar-refractivity contribution is -0.108. The molecule has 0 aliphatic carbocycles. The zero-order valence-corrected chi connectivity index (χ0v) is 8.67. The molecule has 0 unspecified atom stereocenters. The standard InChI is InChI=1S/C11H21NO/c1-2-3-7-12-8-4-11(5-9-12)6-10-13/h10-11H,2-9H2,1H3. The quantitative estimate of drug-likeness (QED) is 0.608. The van der Waals surface area contributed by atoms with Gasteiger partial charge in [0.2, 0.25) is 0 Å². The highest BCUT2D eigenvalue weighted by molar-refractivity contribution is 5.49. The molecular weight excluding hydrogens is 162 g/mol. The second-order valence-electron chi connectivity index (χ2n) is 4.04. The summed E-state index contributed by atoms with van der Waals surface area (Å²) in [6.45, 7) is 5.90. The number of unbranched alkanes of at least 4 members (excludes halogenated alkanes) is 1. The lowest BCUT2D eigenvalue weighted by Gasteiger charge is -2.30. The van der Waals surface area contributed by atoms with Gasteiger partial charge in [0.1, 0.15) is 6.29 Å². The maximum absolute atomic E-state index is 10.3. The van der Waals surface area contributed by atoms with Gasteiger partial charge in [0.15, 0.2) is 0 Å². The summed E-state index contributed by atoms with van der Waals surface area (Å²) in [7, 11) is 0. The lowest BCUT2D eigenvalue weighted by Crippen LogP contribution is -2.34. The van der Waals surface area contributed by atoms with E-state index in [0.29, 0.717) is 5.92 Å². The summed E-state index contributed by atoms with van der Waals surface area (Å²) >= 11 is 0. The fourth-order valence-electron chi connectivity index (χ4n) is 1.96. The van der Waals surface area contributed by atoms with Crippen LogP contribution in [0.1, 0.15) is 39.0 Å². The molecule has 0 N–H and O–H groups in total. The molecule has 1 heterocycles. The highest BCUT2D eigenvalue weighted by atomic mass is 16.1. The molecule has 0 aromatic heterocycles. The van der Waals surface area contributed by atoms with Crippen LogP contribution in [0, 0.1) is 5.92 Å². The van der Waals surface area contributed by atoms with E-state index in [1.54, 1.807) is 0 Å². The average molecular weight is 183 g/mol. The molecule has 1 rings (SSSR count). The molecule has 13 heavy (non-hydrogen) atoms. The Bertz CT molecular complexity index is 139. The second-order valence-corrected chi connectivity index (χ2v) is 4.04. The summed E-state index contributed by atoms with van der Waals surface area (Å²) in [4.78, 5) is 12.8. The van der Waals surface area contributed by atoms with E-state index in [9.17, 15) is 4.79 Å². The van der Waals surface area contributed by atoms with Crippen LogP contribution in [0.3, 0.4) is 0 Å². The largest absolute Gasteiger partial charge is 0.303 e. The van der Waals surface area contributed by atoms with E-state index in [2.05, 4.69) is 11.8 Å². The number of hydrogen-bond donors (Lipinski definition) is 0. The zero-order valence-electron chi connectivity index (χ0n) is 8.67.